The summed E-state index contributed by atoms with van der Waals surface area (Å²) in [4.78, 5) is 20.0. The second-order valence-electron chi connectivity index (χ2n) is 23.4. The van der Waals surface area contributed by atoms with Crippen LogP contribution in [0.3, 0.4) is 0 Å². The van der Waals surface area contributed by atoms with Crippen LogP contribution >= 0.6 is 0 Å². The molecule has 0 N–H and O–H groups in total. The van der Waals surface area contributed by atoms with Gasteiger partial charge in [0.05, 0.1) is 41.9 Å². The second-order valence-corrected chi connectivity index (χ2v) is 28.4. The molecule has 0 saturated heterocycles. The second kappa shape index (κ2) is 21.3. The third-order valence-electron chi connectivity index (χ3n) is 14.5. The summed E-state index contributed by atoms with van der Waals surface area (Å²) in [5.41, 5.74) is 20.4. The van der Waals surface area contributed by atoms with E-state index in [0.29, 0.717) is 5.71 Å². The van der Waals surface area contributed by atoms with E-state index < -0.39 is 8.07 Å². The van der Waals surface area contributed by atoms with Gasteiger partial charge in [-0.25, -0.2) is 4.98 Å². The van der Waals surface area contributed by atoms with Crippen molar-refractivity contribution in [3.63, 3.8) is 0 Å². The minimum absolute atomic E-state index is 0. The molecule has 0 bridgehead atoms. The Morgan fingerprint density at radius 3 is 2.03 bits per heavy atom. The predicted octanol–water partition coefficient (Wildman–Crippen LogP) is 17.8. The number of aryl methyl sites for hydroxylation is 4. The standard InChI is InChI=1S/C49H43N4O.C19H26NSi.Ir/c1-27(2)39-25-36(35-18-17-33-14-9-10-15-34(33)24-35)26-40(28(3)4)46(39)53-45-32(8)50-23-22-42(45)51-48(53)38-19-16-31(7)44-37-20-21-41(52-49(37)54-47(38)44)43-29(5)12-11-13-30(43)6;1-19(2,3)13-16-12-17(15-10-8-7-9-11-15)20-14-18(16)21(4,5)6;/h9-18,20-28H,1-8H3;7-10,12,14H,13H2,1-6H3;/q2*-1;. The molecule has 0 atom stereocenters. The van der Waals surface area contributed by atoms with Gasteiger partial charge in [0, 0.05) is 49.1 Å². The number of furan rings is 1. The van der Waals surface area contributed by atoms with Crippen molar-refractivity contribution in [2.24, 2.45) is 5.41 Å². The van der Waals surface area contributed by atoms with Crippen molar-refractivity contribution in [3.05, 3.63) is 191 Å². The molecule has 0 spiro atoms. The van der Waals surface area contributed by atoms with Gasteiger partial charge >= 0.3 is 0 Å². The average molecular weight is 1190 g/mol. The number of aromatic nitrogens is 5. The first kappa shape index (κ1) is 54.0. The van der Waals surface area contributed by atoms with E-state index in [1.807, 2.05) is 30.5 Å². The minimum atomic E-state index is -1.37. The van der Waals surface area contributed by atoms with E-state index >= 15 is 0 Å². The Bertz CT molecular complexity index is 3900. The summed E-state index contributed by atoms with van der Waals surface area (Å²) >= 11 is 0. The summed E-state index contributed by atoms with van der Waals surface area (Å²) in [7, 11) is -1.37. The summed E-state index contributed by atoms with van der Waals surface area (Å²) < 4.78 is 9.18. The van der Waals surface area contributed by atoms with Crippen molar-refractivity contribution in [3.8, 4) is 50.7 Å². The van der Waals surface area contributed by atoms with E-state index in [2.05, 4.69) is 222 Å². The van der Waals surface area contributed by atoms with E-state index in [1.165, 1.54) is 54.9 Å². The van der Waals surface area contributed by atoms with Crippen molar-refractivity contribution >= 4 is 57.1 Å². The molecule has 1 radical (unpaired) electrons. The molecule has 5 aromatic heterocycles. The monoisotopic (exact) mass is 1190 g/mol. The number of rotatable bonds is 9. The van der Waals surface area contributed by atoms with Gasteiger partial charge in [-0.2, -0.15) is 0 Å². The maximum Gasteiger partial charge on any atom is 0.216 e. The number of pyridine rings is 3. The Balaban J connectivity index is 0.000000270. The average Bonchev–Trinajstić information content (AvgIpc) is 3.99. The van der Waals surface area contributed by atoms with Crippen molar-refractivity contribution in [2.75, 3.05) is 0 Å². The first-order valence-corrected chi connectivity index (χ1v) is 30.0. The Labute approximate surface area is 464 Å². The van der Waals surface area contributed by atoms with Crippen LogP contribution in [0.15, 0.2) is 144 Å². The Kier molecular flexibility index (Phi) is 15.1. The smallest absolute Gasteiger partial charge is 0.216 e. The molecule has 11 aromatic rings. The third-order valence-corrected chi connectivity index (χ3v) is 16.6. The zero-order chi connectivity index (χ0) is 53.1. The van der Waals surface area contributed by atoms with Crippen LogP contribution in [0.5, 0.6) is 0 Å². The van der Waals surface area contributed by atoms with Gasteiger partial charge in [0.15, 0.2) is 0 Å². The fraction of sp³-hybridized carbons (Fsp3) is 0.265. The molecule has 0 fully saturated rings. The van der Waals surface area contributed by atoms with Gasteiger partial charge in [0.25, 0.3) is 0 Å². The van der Waals surface area contributed by atoms with Gasteiger partial charge in [0.2, 0.25) is 5.71 Å². The summed E-state index contributed by atoms with van der Waals surface area (Å²) in [6.45, 7) is 31.7. The van der Waals surface area contributed by atoms with Crippen LogP contribution in [0.25, 0.3) is 94.6 Å². The van der Waals surface area contributed by atoms with Crippen LogP contribution in [0.1, 0.15) is 99.4 Å². The molecular weight excluding hydrogens is 1120 g/mol. The van der Waals surface area contributed by atoms with Gasteiger partial charge in [-0.15, -0.1) is 53.6 Å². The molecule has 0 unspecified atom stereocenters. The number of imidazole rings is 1. The number of fused-ring (bicyclic) bond motifs is 5. The third kappa shape index (κ3) is 10.5. The van der Waals surface area contributed by atoms with Crippen LogP contribution in [0.4, 0.5) is 0 Å². The van der Waals surface area contributed by atoms with Crippen molar-refractivity contribution in [1.82, 2.24) is 24.5 Å². The van der Waals surface area contributed by atoms with Crippen LogP contribution in [-0.4, -0.2) is 32.6 Å². The van der Waals surface area contributed by atoms with E-state index in [9.17, 15) is 0 Å². The van der Waals surface area contributed by atoms with Crippen molar-refractivity contribution < 1.29 is 24.5 Å². The molecule has 5 heterocycles. The molecule has 6 nitrogen and oxygen atoms in total. The fourth-order valence-electron chi connectivity index (χ4n) is 10.9. The molecule has 0 saturated carbocycles. The first-order valence-electron chi connectivity index (χ1n) is 26.5. The Hall–Kier alpha value is -6.83. The van der Waals surface area contributed by atoms with Crippen LogP contribution in [-0.2, 0) is 26.5 Å². The molecular formula is C68H69IrN5OSi-2. The van der Waals surface area contributed by atoms with Crippen LogP contribution in [0, 0.1) is 45.2 Å². The topological polar surface area (TPSA) is 69.6 Å². The van der Waals surface area contributed by atoms with Gasteiger partial charge in [-0.05, 0) is 136 Å². The van der Waals surface area contributed by atoms with Crippen LogP contribution < -0.4 is 5.19 Å². The Morgan fingerprint density at radius 2 is 1.37 bits per heavy atom. The number of hydrogen-bond donors (Lipinski definition) is 0. The van der Waals surface area contributed by atoms with Gasteiger partial charge in [0.1, 0.15) is 0 Å². The summed E-state index contributed by atoms with van der Waals surface area (Å²) in [6.07, 6.45) is 5.06. The molecule has 0 aliphatic heterocycles. The van der Waals surface area contributed by atoms with E-state index in [1.54, 1.807) is 0 Å². The minimum Gasteiger partial charge on any atom is -0.486 e. The van der Waals surface area contributed by atoms with Crippen molar-refractivity contribution in [2.45, 2.75) is 114 Å². The molecule has 0 aliphatic carbocycles. The quantitative estimate of drug-likeness (QED) is 0.106. The molecule has 387 valence electrons. The van der Waals surface area contributed by atoms with Gasteiger partial charge in [-0.1, -0.05) is 152 Å². The molecule has 76 heavy (non-hydrogen) atoms. The SMILES string of the molecule is CC(C)(C)Cc1cc(-c2[c-]cccc2)ncc1[Si](C)(C)C.Cc1cccc(C)c1-c1ccc2c(n1)oc1c(-c3nc4ccnc(C)c4n3-c3c(C(C)C)cc(-c4ccc5ccccc5c4)cc3C(C)C)[c-]cc(C)c12.[Ir]. The zero-order valence-electron chi connectivity index (χ0n) is 46.6. The normalized spacial score (nSPS) is 12.0. The molecule has 8 heteroatoms. The van der Waals surface area contributed by atoms with Crippen molar-refractivity contribution in [1.29, 1.82) is 0 Å². The van der Waals surface area contributed by atoms with Gasteiger partial charge in [-0.3, -0.25) is 9.97 Å². The summed E-state index contributed by atoms with van der Waals surface area (Å²) in [5, 5.41) is 5.98. The van der Waals surface area contributed by atoms with Gasteiger partial charge < -0.3 is 14.0 Å². The van der Waals surface area contributed by atoms with Crippen LogP contribution in [0.2, 0.25) is 19.6 Å². The van der Waals surface area contributed by atoms with E-state index in [-0.39, 0.29) is 37.4 Å². The molecule has 6 aromatic carbocycles. The zero-order valence-corrected chi connectivity index (χ0v) is 50.0. The molecule has 11 rings (SSSR count). The summed E-state index contributed by atoms with van der Waals surface area (Å²) in [6, 6.07) is 52.1. The molecule has 0 aliphatic rings. The summed E-state index contributed by atoms with van der Waals surface area (Å²) in [5.74, 6) is 1.23. The predicted molar refractivity (Wildman–Crippen MR) is 318 cm³/mol. The fourth-order valence-corrected chi connectivity index (χ4v) is 12.5. The Morgan fingerprint density at radius 1 is 0.671 bits per heavy atom. The number of nitrogens with zero attached hydrogens (tertiary/aromatic N) is 5. The van der Waals surface area contributed by atoms with E-state index in [0.717, 1.165) is 84.7 Å². The molecule has 0 amide bonds. The maximum atomic E-state index is 6.83. The van der Waals surface area contributed by atoms with E-state index in [4.69, 9.17) is 24.4 Å². The number of benzene rings is 6. The first-order chi connectivity index (χ1) is 35.8. The number of hydrogen-bond acceptors (Lipinski definition) is 5. The largest absolute Gasteiger partial charge is 0.486 e. The maximum absolute atomic E-state index is 6.83.